The molecule has 0 amide bonds. The van der Waals surface area contributed by atoms with Crippen molar-refractivity contribution in [3.63, 3.8) is 0 Å². The molecule has 0 atom stereocenters. The Morgan fingerprint density at radius 2 is 0.857 bits per heavy atom. The largest absolute Gasteiger partial charge is 0.207 e. The molecule has 21 heavy (non-hydrogen) atoms. The van der Waals surface area contributed by atoms with Crippen molar-refractivity contribution in [3.05, 3.63) is 40.7 Å². The molecule has 0 aliphatic heterocycles. The van der Waals surface area contributed by atoms with Crippen LogP contribution in [-0.4, -0.2) is 7.28 Å². The zero-order chi connectivity index (χ0) is 16.5. The predicted octanol–water partition coefficient (Wildman–Crippen LogP) is 4.22. The van der Waals surface area contributed by atoms with Crippen molar-refractivity contribution in [3.8, 4) is 0 Å². The molecule has 0 fully saturated rings. The van der Waals surface area contributed by atoms with E-state index in [-0.39, 0.29) is 0 Å². The van der Waals surface area contributed by atoms with Gasteiger partial charge in [0.25, 0.3) is 0 Å². The third-order valence-corrected chi connectivity index (χ3v) is 2.66. The van der Waals surface area contributed by atoms with E-state index in [1.54, 1.807) is 0 Å². The molecule has 2 aromatic carbocycles. The highest BCUT2D eigenvalue weighted by Crippen LogP contribution is 2.31. The van der Waals surface area contributed by atoms with E-state index in [1.165, 1.54) is 0 Å². The highest BCUT2D eigenvalue weighted by molar-refractivity contribution is 6.52. The van der Waals surface area contributed by atoms with Crippen molar-refractivity contribution in [1.29, 1.82) is 0 Å². The zero-order valence-electron chi connectivity index (χ0n) is 11.2. The minimum atomic E-state index is -2.34. The first-order valence-electron chi connectivity index (χ1n) is 5.94. The number of fused-ring (bicyclic) bond motifs is 1. The van der Waals surface area contributed by atoms with Gasteiger partial charge in [-0.25, -0.2) is 30.7 Å². The Hall–Kier alpha value is -1.73. The van der Waals surface area contributed by atoms with Crippen molar-refractivity contribution in [2.45, 2.75) is 20.7 Å². The Morgan fingerprint density at radius 1 is 0.524 bits per heavy atom. The first-order chi connectivity index (χ1) is 9.82. The Labute approximate surface area is 116 Å². The third-order valence-electron chi connectivity index (χ3n) is 2.66. The van der Waals surface area contributed by atoms with Gasteiger partial charge in [0.15, 0.2) is 42.2 Å². The van der Waals surface area contributed by atoms with Gasteiger partial charge in [0.1, 0.15) is 5.82 Å². The lowest BCUT2D eigenvalue weighted by molar-refractivity contribution is 0.412. The number of hydrogen-bond donors (Lipinski definition) is 0. The fourth-order valence-corrected chi connectivity index (χ4v) is 1.76. The molecular weight excluding hydrogens is 300 g/mol. The van der Waals surface area contributed by atoms with Crippen molar-refractivity contribution in [2.75, 3.05) is 0 Å². The quantitative estimate of drug-likeness (QED) is 0.320. The summed E-state index contributed by atoms with van der Waals surface area (Å²) >= 11 is 0. The van der Waals surface area contributed by atoms with E-state index in [9.17, 15) is 30.7 Å². The molecule has 1 radical (unpaired) electrons. The molecule has 0 aliphatic carbocycles. The average molecular weight is 309 g/mol. The molecule has 2 aromatic rings. The standard InChI is InChI=1S/C11H3BF7.C2H6/c1-12-4-5(13)2-3(6(14)9(4)17)8(16)11(19)10(18)7(2)15;1-2/h1H3;1-2H3. The summed E-state index contributed by atoms with van der Waals surface area (Å²) in [7, 11) is 0.756. The summed E-state index contributed by atoms with van der Waals surface area (Å²) in [6, 6.07) is 0. The minimum Gasteiger partial charge on any atom is -0.207 e. The molecule has 0 unspecified atom stereocenters. The molecule has 8 heteroatoms. The Balaban J connectivity index is 0.00000106. The van der Waals surface area contributed by atoms with E-state index >= 15 is 0 Å². The molecule has 2 rings (SSSR count). The average Bonchev–Trinajstić information content (AvgIpc) is 2.49. The summed E-state index contributed by atoms with van der Waals surface area (Å²) in [6.07, 6.45) is 0. The zero-order valence-corrected chi connectivity index (χ0v) is 11.2. The van der Waals surface area contributed by atoms with Gasteiger partial charge in [0.05, 0.1) is 10.8 Å². The van der Waals surface area contributed by atoms with Crippen LogP contribution in [0.2, 0.25) is 6.82 Å². The smallest absolute Gasteiger partial charge is 0.198 e. The lowest BCUT2D eigenvalue weighted by Gasteiger charge is -2.11. The second-order valence-electron chi connectivity index (χ2n) is 3.65. The van der Waals surface area contributed by atoms with Crippen LogP contribution in [-0.2, 0) is 0 Å². The van der Waals surface area contributed by atoms with Gasteiger partial charge in [-0.3, -0.25) is 0 Å². The SMILES string of the molecule is CC.C[B]c1c(F)c(F)c2c(F)c(F)c(F)c(F)c2c1F. The second kappa shape index (κ2) is 6.36. The molecule has 0 aliphatic rings. The maximum atomic E-state index is 13.7. The molecule has 0 spiro atoms. The van der Waals surface area contributed by atoms with Crippen molar-refractivity contribution >= 4 is 23.5 Å². The predicted molar refractivity (Wildman–Crippen MR) is 66.3 cm³/mol. The fraction of sp³-hybridized carbons (Fsp3) is 0.231. The highest BCUT2D eigenvalue weighted by Gasteiger charge is 2.29. The summed E-state index contributed by atoms with van der Waals surface area (Å²) in [6.45, 7) is 5.11. The number of benzene rings is 2. The van der Waals surface area contributed by atoms with Gasteiger partial charge in [-0.15, -0.1) is 0 Å². The van der Waals surface area contributed by atoms with Crippen LogP contribution in [0, 0.1) is 40.7 Å². The normalized spacial score (nSPS) is 10.4. The topological polar surface area (TPSA) is 0 Å². The molecule has 0 aromatic heterocycles. The van der Waals surface area contributed by atoms with Crippen molar-refractivity contribution < 1.29 is 30.7 Å². The number of halogens is 7. The van der Waals surface area contributed by atoms with E-state index in [0.29, 0.717) is 0 Å². The third kappa shape index (κ3) is 2.47. The van der Waals surface area contributed by atoms with E-state index in [4.69, 9.17) is 0 Å². The first-order valence-corrected chi connectivity index (χ1v) is 5.94. The van der Waals surface area contributed by atoms with Gasteiger partial charge < -0.3 is 0 Å². The monoisotopic (exact) mass is 309 g/mol. The maximum absolute atomic E-state index is 13.7. The summed E-state index contributed by atoms with van der Waals surface area (Å²) in [4.78, 5) is 0. The van der Waals surface area contributed by atoms with Gasteiger partial charge in [0, 0.05) is 0 Å². The molecule has 0 bridgehead atoms. The molecule has 0 saturated heterocycles. The summed E-state index contributed by atoms with van der Waals surface area (Å²) in [5.41, 5.74) is -0.991. The Morgan fingerprint density at radius 3 is 1.24 bits per heavy atom. The minimum absolute atomic E-state index is 0.756. The van der Waals surface area contributed by atoms with Gasteiger partial charge in [-0.05, 0) is 5.46 Å². The van der Waals surface area contributed by atoms with E-state index in [2.05, 4.69) is 0 Å². The van der Waals surface area contributed by atoms with Crippen LogP contribution in [0.25, 0.3) is 10.8 Å². The molecule has 0 N–H and O–H groups in total. The summed E-state index contributed by atoms with van der Waals surface area (Å²) in [5.74, 6) is -14.4. The van der Waals surface area contributed by atoms with Crippen LogP contribution in [0.3, 0.4) is 0 Å². The van der Waals surface area contributed by atoms with Gasteiger partial charge in [-0.2, -0.15) is 0 Å². The van der Waals surface area contributed by atoms with Crippen LogP contribution in [0.4, 0.5) is 30.7 Å². The summed E-state index contributed by atoms with van der Waals surface area (Å²) < 4.78 is 93.3. The molecule has 0 saturated carbocycles. The van der Waals surface area contributed by atoms with Crippen molar-refractivity contribution in [1.82, 2.24) is 0 Å². The Bertz CT molecular complexity index is 697. The summed E-state index contributed by atoms with van der Waals surface area (Å²) in [5, 5.41) is -3.07. The van der Waals surface area contributed by atoms with Crippen LogP contribution >= 0.6 is 0 Å². The maximum Gasteiger partial charge on any atom is 0.198 e. The lowest BCUT2D eigenvalue weighted by Crippen LogP contribution is -2.24. The Kier molecular flexibility index (Phi) is 5.25. The molecular formula is C13H9BF7. The van der Waals surface area contributed by atoms with Gasteiger partial charge in [0.2, 0.25) is 0 Å². The molecule has 0 nitrogen and oxygen atoms in total. The van der Waals surface area contributed by atoms with Crippen LogP contribution in [0.1, 0.15) is 13.8 Å². The molecule has 0 heterocycles. The van der Waals surface area contributed by atoms with E-state index in [1.807, 2.05) is 13.8 Å². The highest BCUT2D eigenvalue weighted by atomic mass is 19.2. The van der Waals surface area contributed by atoms with E-state index < -0.39 is 57.0 Å². The van der Waals surface area contributed by atoms with Crippen LogP contribution in [0.5, 0.6) is 0 Å². The van der Waals surface area contributed by atoms with Crippen LogP contribution in [0.15, 0.2) is 0 Å². The fourth-order valence-electron chi connectivity index (χ4n) is 1.76. The number of rotatable bonds is 1. The van der Waals surface area contributed by atoms with Gasteiger partial charge in [-0.1, -0.05) is 20.7 Å². The first kappa shape index (κ1) is 17.3. The lowest BCUT2D eigenvalue weighted by atomic mass is 9.71. The van der Waals surface area contributed by atoms with Crippen molar-refractivity contribution in [2.24, 2.45) is 0 Å². The molecule has 113 valence electrons. The van der Waals surface area contributed by atoms with Crippen LogP contribution < -0.4 is 5.46 Å². The van der Waals surface area contributed by atoms with Gasteiger partial charge >= 0.3 is 0 Å². The van der Waals surface area contributed by atoms with E-state index in [0.717, 1.165) is 14.1 Å². The second-order valence-corrected chi connectivity index (χ2v) is 3.65. The number of hydrogen-bond acceptors (Lipinski definition) is 0.